The summed E-state index contributed by atoms with van der Waals surface area (Å²) in [6.45, 7) is 2.09. The normalized spacial score (nSPS) is 14.5. The van der Waals surface area contributed by atoms with Crippen LogP contribution in [0.25, 0.3) is 16.3 Å². The van der Waals surface area contributed by atoms with Crippen molar-refractivity contribution >= 4 is 29.2 Å². The average Bonchev–Trinajstić information content (AvgIpc) is 3.48. The second-order valence-electron chi connectivity index (χ2n) is 6.41. The van der Waals surface area contributed by atoms with Crippen LogP contribution in [0.15, 0.2) is 53.9 Å². The highest BCUT2D eigenvalue weighted by Gasteiger charge is 2.32. The van der Waals surface area contributed by atoms with Gasteiger partial charge in [-0.2, -0.15) is 5.10 Å². The van der Waals surface area contributed by atoms with Crippen molar-refractivity contribution in [3.8, 4) is 16.3 Å². The number of aromatic nitrogens is 2. The number of hydrogen-bond donors (Lipinski definition) is 1. The van der Waals surface area contributed by atoms with Crippen molar-refractivity contribution in [2.45, 2.75) is 13.0 Å². The maximum Gasteiger partial charge on any atom is 0.357 e. The quantitative estimate of drug-likeness (QED) is 0.653. The van der Waals surface area contributed by atoms with E-state index < -0.39 is 24.0 Å². The number of amides is 3. The van der Waals surface area contributed by atoms with Gasteiger partial charge in [-0.15, -0.1) is 11.3 Å². The summed E-state index contributed by atoms with van der Waals surface area (Å²) in [7, 11) is 0. The van der Waals surface area contributed by atoms with E-state index in [0.29, 0.717) is 17.9 Å². The molecular formula is C20H18N4O4S. The number of carbonyl (C=O) groups excluding carboxylic acids is 3. The molecule has 0 bridgehead atoms. The monoisotopic (exact) mass is 410 g/mol. The Morgan fingerprint density at radius 1 is 1.21 bits per heavy atom. The van der Waals surface area contributed by atoms with Crippen molar-refractivity contribution in [1.82, 2.24) is 20.0 Å². The number of nitrogens with zero attached hydrogens (tertiary/aromatic N) is 3. The second-order valence-corrected chi connectivity index (χ2v) is 7.36. The Balaban J connectivity index is 1.62. The van der Waals surface area contributed by atoms with Gasteiger partial charge in [0.05, 0.1) is 10.6 Å². The van der Waals surface area contributed by atoms with Crippen molar-refractivity contribution < 1.29 is 19.1 Å². The molecule has 4 rings (SSSR count). The molecule has 0 radical (unpaired) electrons. The van der Waals surface area contributed by atoms with Crippen LogP contribution in [-0.2, 0) is 9.53 Å². The molecule has 0 saturated carbocycles. The van der Waals surface area contributed by atoms with Crippen LogP contribution in [0.4, 0.5) is 4.79 Å². The van der Waals surface area contributed by atoms with E-state index in [-0.39, 0.29) is 12.2 Å². The van der Waals surface area contributed by atoms with Gasteiger partial charge in [-0.05, 0) is 30.5 Å². The van der Waals surface area contributed by atoms with Gasteiger partial charge in [0.2, 0.25) is 0 Å². The van der Waals surface area contributed by atoms with E-state index in [1.807, 2.05) is 47.8 Å². The van der Waals surface area contributed by atoms with Crippen molar-refractivity contribution in [3.63, 3.8) is 0 Å². The summed E-state index contributed by atoms with van der Waals surface area (Å²) < 4.78 is 6.88. The largest absolute Gasteiger partial charge is 0.448 e. The van der Waals surface area contributed by atoms with E-state index in [2.05, 4.69) is 10.4 Å². The number of esters is 1. The number of hydrogen-bond acceptors (Lipinski definition) is 6. The van der Waals surface area contributed by atoms with Crippen LogP contribution < -0.4 is 5.32 Å². The van der Waals surface area contributed by atoms with Gasteiger partial charge in [0.1, 0.15) is 5.69 Å². The molecule has 1 saturated heterocycles. The molecule has 3 heterocycles. The highest BCUT2D eigenvalue weighted by atomic mass is 32.1. The molecule has 9 heteroatoms. The van der Waals surface area contributed by atoms with E-state index in [9.17, 15) is 14.4 Å². The Labute approximate surface area is 170 Å². The number of benzene rings is 1. The number of nitrogens with one attached hydrogen (secondary N) is 1. The summed E-state index contributed by atoms with van der Waals surface area (Å²) in [5.74, 6) is -1.25. The lowest BCUT2D eigenvalue weighted by molar-refractivity contribution is -0.136. The van der Waals surface area contributed by atoms with Crippen LogP contribution in [0.3, 0.4) is 0 Å². The van der Waals surface area contributed by atoms with Gasteiger partial charge in [0, 0.05) is 19.2 Å². The molecule has 1 fully saturated rings. The molecule has 3 aromatic rings. The molecule has 0 unspecified atom stereocenters. The SMILES string of the molecule is C[C@@H](OC(=O)c1cc(-c2cccs2)nn1-c1ccccc1)C(=O)N1CCNC1=O. The molecule has 1 aliphatic heterocycles. The standard InChI is InChI=1S/C20H18N4O4S/c1-13(18(25)23-10-9-21-20(23)27)28-19(26)16-12-15(17-8-5-11-29-17)22-24(16)14-6-3-2-4-7-14/h2-8,11-13H,9-10H2,1H3,(H,21,27)/t13-/m1/s1. The van der Waals surface area contributed by atoms with Gasteiger partial charge in [0.15, 0.2) is 11.8 Å². The molecule has 0 aliphatic carbocycles. The molecular weight excluding hydrogens is 392 g/mol. The summed E-state index contributed by atoms with van der Waals surface area (Å²) in [4.78, 5) is 39.0. The molecule has 8 nitrogen and oxygen atoms in total. The lowest BCUT2D eigenvalue weighted by Gasteiger charge is -2.18. The number of carbonyl (C=O) groups is 3. The van der Waals surface area contributed by atoms with Crippen molar-refractivity contribution in [2.24, 2.45) is 0 Å². The number of rotatable bonds is 5. The molecule has 0 spiro atoms. The van der Waals surface area contributed by atoms with Gasteiger partial charge in [0.25, 0.3) is 5.91 Å². The Hall–Kier alpha value is -3.46. The first-order valence-corrected chi connectivity index (χ1v) is 9.92. The zero-order valence-electron chi connectivity index (χ0n) is 15.6. The first-order valence-electron chi connectivity index (χ1n) is 9.04. The van der Waals surface area contributed by atoms with Gasteiger partial charge in [-0.3, -0.25) is 9.69 Å². The van der Waals surface area contributed by atoms with Crippen LogP contribution >= 0.6 is 11.3 Å². The maximum atomic E-state index is 12.9. The number of para-hydroxylation sites is 1. The van der Waals surface area contributed by atoms with Crippen LogP contribution in [0, 0.1) is 0 Å². The van der Waals surface area contributed by atoms with Gasteiger partial charge < -0.3 is 10.1 Å². The van der Waals surface area contributed by atoms with Crippen molar-refractivity contribution in [1.29, 1.82) is 0 Å². The van der Waals surface area contributed by atoms with Crippen LogP contribution in [-0.4, -0.2) is 51.8 Å². The number of ether oxygens (including phenoxy) is 1. The van der Waals surface area contributed by atoms with E-state index in [1.165, 1.54) is 22.9 Å². The zero-order valence-corrected chi connectivity index (χ0v) is 16.4. The topological polar surface area (TPSA) is 93.5 Å². The Morgan fingerprint density at radius 2 is 2.00 bits per heavy atom. The molecule has 148 valence electrons. The summed E-state index contributed by atoms with van der Waals surface area (Å²) in [6.07, 6.45) is -1.10. The number of urea groups is 1. The van der Waals surface area contributed by atoms with Crippen molar-refractivity contribution in [3.05, 3.63) is 59.6 Å². The average molecular weight is 410 g/mol. The molecule has 29 heavy (non-hydrogen) atoms. The maximum absolute atomic E-state index is 12.9. The highest BCUT2D eigenvalue weighted by molar-refractivity contribution is 7.13. The van der Waals surface area contributed by atoms with E-state index in [1.54, 1.807) is 6.07 Å². The van der Waals surface area contributed by atoms with Gasteiger partial charge >= 0.3 is 12.0 Å². The Bertz CT molecular complexity index is 1050. The minimum Gasteiger partial charge on any atom is -0.448 e. The summed E-state index contributed by atoms with van der Waals surface area (Å²) >= 11 is 1.51. The summed E-state index contributed by atoms with van der Waals surface area (Å²) in [5.41, 5.74) is 1.53. The zero-order chi connectivity index (χ0) is 20.4. The van der Waals surface area contributed by atoms with Crippen LogP contribution in [0.1, 0.15) is 17.4 Å². The minimum absolute atomic E-state index is 0.199. The van der Waals surface area contributed by atoms with E-state index >= 15 is 0 Å². The third-order valence-corrected chi connectivity index (χ3v) is 5.34. The number of thiophene rings is 1. The summed E-state index contributed by atoms with van der Waals surface area (Å²) in [5, 5.41) is 9.03. The first-order chi connectivity index (χ1) is 14.0. The van der Waals surface area contributed by atoms with Crippen LogP contribution in [0.2, 0.25) is 0 Å². The van der Waals surface area contributed by atoms with Crippen LogP contribution in [0.5, 0.6) is 0 Å². The lowest BCUT2D eigenvalue weighted by Crippen LogP contribution is -2.42. The predicted molar refractivity (Wildman–Crippen MR) is 107 cm³/mol. The van der Waals surface area contributed by atoms with Crippen molar-refractivity contribution in [2.75, 3.05) is 13.1 Å². The molecule has 1 N–H and O–H groups in total. The fraction of sp³-hybridized carbons (Fsp3) is 0.200. The van der Waals surface area contributed by atoms with Gasteiger partial charge in [-0.25, -0.2) is 14.3 Å². The minimum atomic E-state index is -1.10. The molecule has 1 aliphatic rings. The Kier molecular flexibility index (Phi) is 5.13. The molecule has 1 aromatic carbocycles. The molecule has 1 atom stereocenters. The molecule has 3 amide bonds. The Morgan fingerprint density at radius 3 is 2.66 bits per heavy atom. The second kappa shape index (κ2) is 7.88. The number of imide groups is 1. The third kappa shape index (κ3) is 3.77. The lowest BCUT2D eigenvalue weighted by atomic mass is 10.3. The first kappa shape index (κ1) is 18.9. The van der Waals surface area contributed by atoms with E-state index in [0.717, 1.165) is 9.78 Å². The highest BCUT2D eigenvalue weighted by Crippen LogP contribution is 2.26. The summed E-state index contributed by atoms with van der Waals surface area (Å²) in [6, 6.07) is 14.2. The van der Waals surface area contributed by atoms with Gasteiger partial charge in [-0.1, -0.05) is 24.3 Å². The third-order valence-electron chi connectivity index (χ3n) is 4.45. The predicted octanol–water partition coefficient (Wildman–Crippen LogP) is 2.70. The fourth-order valence-electron chi connectivity index (χ4n) is 3.01. The van der Waals surface area contributed by atoms with E-state index in [4.69, 9.17) is 4.74 Å². The fourth-order valence-corrected chi connectivity index (χ4v) is 3.69. The smallest absolute Gasteiger partial charge is 0.357 e. The molecule has 2 aromatic heterocycles.